The SMILES string of the molecule is Cc1ccc(CNc2ccc(N3CCC(O)CC3)c(C#N)c2)nc1. The molecule has 1 aromatic heterocycles. The predicted octanol–water partition coefficient (Wildman–Crippen LogP) is 2.83. The van der Waals surface area contributed by atoms with Gasteiger partial charge in [0, 0.05) is 25.0 Å². The monoisotopic (exact) mass is 322 g/mol. The van der Waals surface area contributed by atoms with Crippen molar-refractivity contribution in [1.29, 1.82) is 5.26 Å². The van der Waals surface area contributed by atoms with Crippen LogP contribution in [0.15, 0.2) is 36.5 Å². The Balaban J connectivity index is 1.69. The number of anilines is 2. The molecule has 124 valence electrons. The topological polar surface area (TPSA) is 72.2 Å². The van der Waals surface area contributed by atoms with Crippen molar-refractivity contribution in [2.45, 2.75) is 32.4 Å². The van der Waals surface area contributed by atoms with E-state index in [1.54, 1.807) is 0 Å². The Morgan fingerprint density at radius 2 is 2.08 bits per heavy atom. The molecule has 2 heterocycles. The summed E-state index contributed by atoms with van der Waals surface area (Å²) in [6.45, 7) is 4.22. The fraction of sp³-hybridized carbons (Fsp3) is 0.368. The van der Waals surface area contributed by atoms with Crippen LogP contribution in [0, 0.1) is 18.3 Å². The molecule has 5 heteroatoms. The first-order valence-electron chi connectivity index (χ1n) is 8.28. The lowest BCUT2D eigenvalue weighted by Crippen LogP contribution is -2.36. The Hall–Kier alpha value is -2.58. The van der Waals surface area contributed by atoms with E-state index in [-0.39, 0.29) is 6.10 Å². The molecule has 3 rings (SSSR count). The van der Waals surface area contributed by atoms with Gasteiger partial charge < -0.3 is 15.3 Å². The fourth-order valence-corrected chi connectivity index (χ4v) is 2.91. The number of benzene rings is 1. The molecule has 2 N–H and O–H groups in total. The van der Waals surface area contributed by atoms with Crippen LogP contribution in [0.1, 0.15) is 29.7 Å². The summed E-state index contributed by atoms with van der Waals surface area (Å²) in [6, 6.07) is 12.2. The molecule has 0 radical (unpaired) electrons. The van der Waals surface area contributed by atoms with Crippen LogP contribution in [-0.4, -0.2) is 29.3 Å². The van der Waals surface area contributed by atoms with E-state index in [1.165, 1.54) is 0 Å². The van der Waals surface area contributed by atoms with Crippen molar-refractivity contribution in [2.24, 2.45) is 0 Å². The van der Waals surface area contributed by atoms with E-state index >= 15 is 0 Å². The van der Waals surface area contributed by atoms with Crippen molar-refractivity contribution in [3.63, 3.8) is 0 Å². The van der Waals surface area contributed by atoms with E-state index in [2.05, 4.69) is 21.3 Å². The molecule has 1 aliphatic heterocycles. The van der Waals surface area contributed by atoms with Crippen LogP contribution in [0.5, 0.6) is 0 Å². The minimum atomic E-state index is -0.213. The largest absolute Gasteiger partial charge is 0.393 e. The van der Waals surface area contributed by atoms with Crippen LogP contribution in [-0.2, 0) is 6.54 Å². The number of aliphatic hydroxyl groups is 1. The normalized spacial score (nSPS) is 15.1. The van der Waals surface area contributed by atoms with E-state index in [0.717, 1.165) is 48.6 Å². The van der Waals surface area contributed by atoms with Crippen LogP contribution >= 0.6 is 0 Å². The maximum Gasteiger partial charge on any atom is 0.101 e. The van der Waals surface area contributed by atoms with E-state index in [9.17, 15) is 10.4 Å². The summed E-state index contributed by atoms with van der Waals surface area (Å²) < 4.78 is 0. The number of aryl methyl sites for hydroxylation is 1. The lowest BCUT2D eigenvalue weighted by atomic mass is 10.0. The zero-order chi connectivity index (χ0) is 16.9. The maximum absolute atomic E-state index is 9.63. The second-order valence-corrected chi connectivity index (χ2v) is 6.24. The van der Waals surface area contributed by atoms with Crippen LogP contribution in [0.4, 0.5) is 11.4 Å². The van der Waals surface area contributed by atoms with Gasteiger partial charge in [-0.25, -0.2) is 0 Å². The molecule has 0 amide bonds. The van der Waals surface area contributed by atoms with Gasteiger partial charge in [-0.15, -0.1) is 0 Å². The summed E-state index contributed by atoms with van der Waals surface area (Å²) in [7, 11) is 0. The Kier molecular flexibility index (Phi) is 4.97. The van der Waals surface area contributed by atoms with Crippen molar-refractivity contribution in [3.05, 3.63) is 53.3 Å². The van der Waals surface area contributed by atoms with Gasteiger partial charge in [0.1, 0.15) is 6.07 Å². The molecule has 1 aliphatic rings. The first kappa shape index (κ1) is 16.3. The zero-order valence-corrected chi connectivity index (χ0v) is 13.9. The Morgan fingerprint density at radius 1 is 1.29 bits per heavy atom. The summed E-state index contributed by atoms with van der Waals surface area (Å²) in [4.78, 5) is 6.55. The number of aromatic nitrogens is 1. The third-order valence-electron chi connectivity index (χ3n) is 4.37. The highest BCUT2D eigenvalue weighted by molar-refractivity contribution is 5.65. The smallest absolute Gasteiger partial charge is 0.101 e. The Morgan fingerprint density at radius 3 is 2.75 bits per heavy atom. The number of rotatable bonds is 4. The molecule has 5 nitrogen and oxygen atoms in total. The summed E-state index contributed by atoms with van der Waals surface area (Å²) >= 11 is 0. The second kappa shape index (κ2) is 7.33. The van der Waals surface area contributed by atoms with Crippen molar-refractivity contribution in [1.82, 2.24) is 4.98 Å². The van der Waals surface area contributed by atoms with Crippen LogP contribution < -0.4 is 10.2 Å². The quantitative estimate of drug-likeness (QED) is 0.905. The Bertz CT molecular complexity index is 728. The van der Waals surface area contributed by atoms with Gasteiger partial charge in [0.05, 0.1) is 29.6 Å². The average molecular weight is 322 g/mol. The molecule has 1 fully saturated rings. The first-order valence-corrected chi connectivity index (χ1v) is 8.28. The molecule has 2 aromatic rings. The van der Waals surface area contributed by atoms with Gasteiger partial charge in [0.25, 0.3) is 0 Å². The first-order chi connectivity index (χ1) is 11.7. The summed E-state index contributed by atoms with van der Waals surface area (Å²) in [6.07, 6.45) is 3.15. The molecular weight excluding hydrogens is 300 g/mol. The third kappa shape index (κ3) is 3.84. The maximum atomic E-state index is 9.63. The minimum Gasteiger partial charge on any atom is -0.393 e. The van der Waals surface area contributed by atoms with E-state index in [0.29, 0.717) is 12.1 Å². The summed E-state index contributed by atoms with van der Waals surface area (Å²) in [5.74, 6) is 0. The molecule has 0 atom stereocenters. The van der Waals surface area contributed by atoms with Gasteiger partial charge in [0.15, 0.2) is 0 Å². The van der Waals surface area contributed by atoms with Gasteiger partial charge >= 0.3 is 0 Å². The molecule has 24 heavy (non-hydrogen) atoms. The van der Waals surface area contributed by atoms with Gasteiger partial charge in [-0.3, -0.25) is 4.98 Å². The highest BCUT2D eigenvalue weighted by atomic mass is 16.3. The summed E-state index contributed by atoms with van der Waals surface area (Å²) in [5, 5.41) is 22.4. The fourth-order valence-electron chi connectivity index (χ4n) is 2.91. The zero-order valence-electron chi connectivity index (χ0n) is 13.9. The average Bonchev–Trinajstić information content (AvgIpc) is 2.62. The van der Waals surface area contributed by atoms with Crippen molar-refractivity contribution >= 4 is 11.4 Å². The van der Waals surface area contributed by atoms with Gasteiger partial charge in [-0.2, -0.15) is 5.26 Å². The molecule has 1 aromatic carbocycles. The lowest BCUT2D eigenvalue weighted by Gasteiger charge is -2.32. The van der Waals surface area contributed by atoms with E-state index in [1.807, 2.05) is 43.5 Å². The number of nitrogens with one attached hydrogen (secondary N) is 1. The molecular formula is C19H22N4O. The van der Waals surface area contributed by atoms with Gasteiger partial charge in [0.2, 0.25) is 0 Å². The van der Waals surface area contributed by atoms with Gasteiger partial charge in [-0.1, -0.05) is 6.07 Å². The number of piperidine rings is 1. The number of pyridine rings is 1. The molecule has 0 spiro atoms. The van der Waals surface area contributed by atoms with Crippen molar-refractivity contribution in [2.75, 3.05) is 23.3 Å². The van der Waals surface area contributed by atoms with Crippen LogP contribution in [0.3, 0.4) is 0 Å². The molecule has 1 saturated heterocycles. The molecule has 0 aliphatic carbocycles. The second-order valence-electron chi connectivity index (χ2n) is 6.24. The van der Waals surface area contributed by atoms with Crippen molar-refractivity contribution < 1.29 is 5.11 Å². The third-order valence-corrected chi connectivity index (χ3v) is 4.37. The predicted molar refractivity (Wildman–Crippen MR) is 94.9 cm³/mol. The van der Waals surface area contributed by atoms with Crippen LogP contribution in [0.2, 0.25) is 0 Å². The van der Waals surface area contributed by atoms with E-state index in [4.69, 9.17) is 0 Å². The summed E-state index contributed by atoms with van der Waals surface area (Å²) in [5.41, 5.74) is 4.63. The van der Waals surface area contributed by atoms with Crippen LogP contribution in [0.25, 0.3) is 0 Å². The standard InChI is InChI=1S/C19H22N4O/c1-14-2-3-17(21-12-14)13-22-16-4-5-19(15(10-16)11-20)23-8-6-18(24)7-9-23/h2-5,10,12,18,22,24H,6-9,13H2,1H3. The number of nitrogens with zero attached hydrogens (tertiary/aromatic N) is 3. The van der Waals surface area contributed by atoms with Gasteiger partial charge in [-0.05, 0) is 49.6 Å². The molecule has 0 saturated carbocycles. The van der Waals surface area contributed by atoms with E-state index < -0.39 is 0 Å². The minimum absolute atomic E-state index is 0.213. The lowest BCUT2D eigenvalue weighted by molar-refractivity contribution is 0.145. The highest BCUT2D eigenvalue weighted by Crippen LogP contribution is 2.26. The molecule has 0 bridgehead atoms. The number of hydrogen-bond donors (Lipinski definition) is 2. The number of nitriles is 1. The number of aliphatic hydroxyl groups excluding tert-OH is 1. The van der Waals surface area contributed by atoms with Crippen molar-refractivity contribution in [3.8, 4) is 6.07 Å². The Labute approximate surface area is 142 Å². The highest BCUT2D eigenvalue weighted by Gasteiger charge is 2.19. The number of hydrogen-bond acceptors (Lipinski definition) is 5. The molecule has 0 unspecified atom stereocenters.